The molecule has 0 fully saturated rings. The molecule has 0 bridgehead atoms. The van der Waals surface area contributed by atoms with Crippen LogP contribution in [0.5, 0.6) is 5.75 Å². The van der Waals surface area contributed by atoms with Gasteiger partial charge >= 0.3 is 0 Å². The van der Waals surface area contributed by atoms with Crippen LogP contribution >= 0.6 is 11.6 Å². The van der Waals surface area contributed by atoms with E-state index in [2.05, 4.69) is 4.72 Å². The highest BCUT2D eigenvalue weighted by molar-refractivity contribution is 7.92. The molecule has 2 aromatic rings. The van der Waals surface area contributed by atoms with Crippen LogP contribution in [-0.4, -0.2) is 15.0 Å². The van der Waals surface area contributed by atoms with Crippen LogP contribution in [0.2, 0.25) is 5.02 Å². The Bertz CT molecular complexity index is 750. The highest BCUT2D eigenvalue weighted by Gasteiger charge is 2.20. The molecule has 0 atom stereocenters. The summed E-state index contributed by atoms with van der Waals surface area (Å²) in [7, 11) is -3.93. The summed E-state index contributed by atoms with van der Waals surface area (Å²) < 4.78 is 45.5. The molecule has 7 heteroatoms. The molecule has 2 rings (SSSR count). The number of sulfonamides is 1. The van der Waals surface area contributed by atoms with Crippen molar-refractivity contribution in [3.63, 3.8) is 0 Å². The molecule has 0 aliphatic rings. The first kappa shape index (κ1) is 15.6. The first-order valence-electron chi connectivity index (χ1n) is 6.13. The van der Waals surface area contributed by atoms with Gasteiger partial charge in [-0.05, 0) is 43.3 Å². The van der Waals surface area contributed by atoms with Crippen molar-refractivity contribution in [2.24, 2.45) is 0 Å². The summed E-state index contributed by atoms with van der Waals surface area (Å²) in [6.07, 6.45) is 0. The van der Waals surface area contributed by atoms with Crippen molar-refractivity contribution in [1.82, 2.24) is 0 Å². The van der Waals surface area contributed by atoms with Crippen molar-refractivity contribution in [2.45, 2.75) is 11.8 Å². The second kappa shape index (κ2) is 6.32. The van der Waals surface area contributed by atoms with Gasteiger partial charge in [0, 0.05) is 5.02 Å². The summed E-state index contributed by atoms with van der Waals surface area (Å²) in [5.74, 6) is -0.350. The molecule has 0 unspecified atom stereocenters. The maximum atomic E-state index is 13.1. The van der Waals surface area contributed by atoms with Crippen molar-refractivity contribution < 1.29 is 17.5 Å². The van der Waals surface area contributed by atoms with Gasteiger partial charge in [0.05, 0.1) is 12.3 Å². The van der Waals surface area contributed by atoms with Crippen LogP contribution in [0.4, 0.5) is 10.1 Å². The monoisotopic (exact) mass is 329 g/mol. The predicted octanol–water partition coefficient (Wildman–Crippen LogP) is 3.68. The second-order valence-corrected chi connectivity index (χ2v) is 6.23. The lowest BCUT2D eigenvalue weighted by atomic mass is 10.3. The molecule has 0 amide bonds. The lowest BCUT2D eigenvalue weighted by Gasteiger charge is -2.13. The Hall–Kier alpha value is -1.79. The van der Waals surface area contributed by atoms with Crippen molar-refractivity contribution in [3.8, 4) is 5.75 Å². The van der Waals surface area contributed by atoms with Gasteiger partial charge in [0.1, 0.15) is 16.5 Å². The van der Waals surface area contributed by atoms with Crippen molar-refractivity contribution >= 4 is 27.3 Å². The van der Waals surface area contributed by atoms with E-state index in [4.69, 9.17) is 16.3 Å². The normalized spacial score (nSPS) is 11.2. The van der Waals surface area contributed by atoms with Crippen LogP contribution in [0.25, 0.3) is 0 Å². The minimum Gasteiger partial charge on any atom is -0.492 e. The fourth-order valence-electron chi connectivity index (χ4n) is 1.73. The predicted molar refractivity (Wildman–Crippen MR) is 79.8 cm³/mol. The Labute approximate surface area is 127 Å². The zero-order valence-corrected chi connectivity index (χ0v) is 12.7. The molecule has 0 aromatic heterocycles. The fourth-order valence-corrected chi connectivity index (χ4v) is 3.19. The SMILES string of the molecule is CCOc1ccc(Cl)cc1S(=O)(=O)Nc1cccc(F)c1. The molecule has 112 valence electrons. The molecule has 0 saturated heterocycles. The van der Waals surface area contributed by atoms with Crippen LogP contribution in [0.1, 0.15) is 6.92 Å². The van der Waals surface area contributed by atoms with Gasteiger partial charge in [-0.1, -0.05) is 17.7 Å². The van der Waals surface area contributed by atoms with E-state index < -0.39 is 15.8 Å². The van der Waals surface area contributed by atoms with Crippen LogP contribution in [0.15, 0.2) is 47.4 Å². The zero-order chi connectivity index (χ0) is 15.5. The van der Waals surface area contributed by atoms with E-state index >= 15 is 0 Å². The van der Waals surface area contributed by atoms with E-state index in [9.17, 15) is 12.8 Å². The molecule has 0 radical (unpaired) electrons. The van der Waals surface area contributed by atoms with Gasteiger partial charge in [-0.25, -0.2) is 12.8 Å². The Morgan fingerprint density at radius 3 is 2.67 bits per heavy atom. The first-order valence-corrected chi connectivity index (χ1v) is 7.99. The molecule has 0 aliphatic carbocycles. The number of ether oxygens (including phenoxy) is 1. The summed E-state index contributed by atoms with van der Waals surface area (Å²) in [5.41, 5.74) is 0.123. The molecule has 0 heterocycles. The third-order valence-corrected chi connectivity index (χ3v) is 4.21. The average molecular weight is 330 g/mol. The molecular formula is C14H13ClFNO3S. The molecule has 2 aromatic carbocycles. The number of halogens is 2. The third-order valence-electron chi connectivity index (χ3n) is 2.57. The molecular weight excluding hydrogens is 317 g/mol. The Morgan fingerprint density at radius 2 is 2.00 bits per heavy atom. The standard InChI is InChI=1S/C14H13ClFNO3S/c1-2-20-13-7-6-10(15)8-14(13)21(18,19)17-12-5-3-4-11(16)9-12/h3-9,17H,2H2,1H3. The summed E-state index contributed by atoms with van der Waals surface area (Å²) >= 11 is 5.84. The molecule has 1 N–H and O–H groups in total. The van der Waals surface area contributed by atoms with Gasteiger partial charge in [-0.2, -0.15) is 0 Å². The van der Waals surface area contributed by atoms with Gasteiger partial charge < -0.3 is 4.74 Å². The number of nitrogens with one attached hydrogen (secondary N) is 1. The lowest BCUT2D eigenvalue weighted by molar-refractivity contribution is 0.331. The van der Waals surface area contributed by atoms with Crippen LogP contribution in [0.3, 0.4) is 0 Å². The Morgan fingerprint density at radius 1 is 1.24 bits per heavy atom. The number of benzene rings is 2. The summed E-state index contributed by atoms with van der Waals surface area (Å²) in [5, 5.41) is 0.262. The third kappa shape index (κ3) is 3.86. The van der Waals surface area contributed by atoms with E-state index in [1.54, 1.807) is 6.92 Å². The van der Waals surface area contributed by atoms with E-state index in [1.807, 2.05) is 0 Å². The highest BCUT2D eigenvalue weighted by atomic mass is 35.5. The van der Waals surface area contributed by atoms with Crippen molar-refractivity contribution in [1.29, 1.82) is 0 Å². The first-order chi connectivity index (χ1) is 9.92. The lowest BCUT2D eigenvalue weighted by Crippen LogP contribution is -2.14. The van der Waals surface area contributed by atoms with Crippen LogP contribution < -0.4 is 9.46 Å². The quantitative estimate of drug-likeness (QED) is 0.910. The maximum absolute atomic E-state index is 13.1. The largest absolute Gasteiger partial charge is 0.492 e. The van der Waals surface area contributed by atoms with Gasteiger partial charge in [0.15, 0.2) is 0 Å². The maximum Gasteiger partial charge on any atom is 0.265 e. The van der Waals surface area contributed by atoms with Gasteiger partial charge in [0.25, 0.3) is 10.0 Å². The smallest absolute Gasteiger partial charge is 0.265 e. The van der Waals surface area contributed by atoms with Crippen molar-refractivity contribution in [3.05, 3.63) is 53.3 Å². The van der Waals surface area contributed by atoms with Crippen LogP contribution in [0, 0.1) is 5.82 Å². The van der Waals surface area contributed by atoms with Gasteiger partial charge in [-0.3, -0.25) is 4.72 Å². The van der Waals surface area contributed by atoms with Gasteiger partial charge in [-0.15, -0.1) is 0 Å². The number of anilines is 1. The number of hydrogen-bond donors (Lipinski definition) is 1. The topological polar surface area (TPSA) is 55.4 Å². The van der Waals surface area contributed by atoms with Gasteiger partial charge in [0.2, 0.25) is 0 Å². The number of rotatable bonds is 5. The molecule has 0 saturated carbocycles. The van der Waals surface area contributed by atoms with Crippen molar-refractivity contribution in [2.75, 3.05) is 11.3 Å². The highest BCUT2D eigenvalue weighted by Crippen LogP contribution is 2.29. The van der Waals surface area contributed by atoms with E-state index in [-0.39, 0.29) is 21.4 Å². The summed E-state index contributed by atoms with van der Waals surface area (Å²) in [6, 6.07) is 9.47. The zero-order valence-electron chi connectivity index (χ0n) is 11.1. The van der Waals surface area contributed by atoms with E-state index in [0.717, 1.165) is 6.07 Å². The second-order valence-electron chi connectivity index (χ2n) is 4.14. The average Bonchev–Trinajstić information content (AvgIpc) is 2.40. The minimum absolute atomic E-state index is 0.0962. The molecule has 0 spiro atoms. The molecule has 4 nitrogen and oxygen atoms in total. The molecule has 21 heavy (non-hydrogen) atoms. The fraction of sp³-hybridized carbons (Fsp3) is 0.143. The number of hydrogen-bond acceptors (Lipinski definition) is 3. The Balaban J connectivity index is 2.41. The van der Waals surface area contributed by atoms with E-state index in [1.165, 1.54) is 36.4 Å². The van der Waals surface area contributed by atoms with Crippen LogP contribution in [-0.2, 0) is 10.0 Å². The molecule has 0 aliphatic heterocycles. The minimum atomic E-state index is -3.93. The Kier molecular flexibility index (Phi) is 4.69. The summed E-state index contributed by atoms with van der Waals surface area (Å²) in [6.45, 7) is 2.05. The summed E-state index contributed by atoms with van der Waals surface area (Å²) in [4.78, 5) is -0.0962. The van der Waals surface area contributed by atoms with E-state index in [0.29, 0.717) is 6.61 Å².